The van der Waals surface area contributed by atoms with Crippen molar-refractivity contribution >= 4 is 41.7 Å². The van der Waals surface area contributed by atoms with Gasteiger partial charge in [-0.25, -0.2) is 9.59 Å². The van der Waals surface area contributed by atoms with Crippen LogP contribution in [0.5, 0.6) is 5.75 Å². The Morgan fingerprint density at radius 3 is 2.34 bits per heavy atom. The lowest BCUT2D eigenvalue weighted by molar-refractivity contribution is 0.0490. The maximum atomic E-state index is 12.8. The number of nitrogens with zero attached hydrogens (tertiary/aromatic N) is 1. The number of aldehydes is 1. The lowest BCUT2D eigenvalue weighted by Gasteiger charge is -2.36. The molecule has 0 aliphatic heterocycles. The first-order chi connectivity index (χ1) is 22.4. The van der Waals surface area contributed by atoms with E-state index in [1.807, 2.05) is 69.3 Å². The Morgan fingerprint density at radius 2 is 1.72 bits per heavy atom. The van der Waals surface area contributed by atoms with Gasteiger partial charge in [0.2, 0.25) is 0 Å². The average Bonchev–Trinajstić information content (AvgIpc) is 3.03. The second kappa shape index (κ2) is 15.8. The number of aryl methyl sites for hydroxylation is 1. The minimum absolute atomic E-state index is 0.0918. The maximum Gasteiger partial charge on any atom is 0.412 e. The predicted octanol–water partition coefficient (Wildman–Crippen LogP) is 7.51. The molecule has 10 nitrogen and oxygen atoms in total. The lowest BCUT2D eigenvalue weighted by Crippen LogP contribution is -2.47. The summed E-state index contributed by atoms with van der Waals surface area (Å²) >= 11 is 6.24. The van der Waals surface area contributed by atoms with Gasteiger partial charge in [0.05, 0.1) is 28.9 Å². The summed E-state index contributed by atoms with van der Waals surface area (Å²) in [5, 5.41) is 16.4. The number of hydrogen-bond donors (Lipinski definition) is 3. The molecule has 1 fully saturated rings. The summed E-state index contributed by atoms with van der Waals surface area (Å²) in [5.41, 5.74) is 3.10. The highest BCUT2D eigenvalue weighted by Gasteiger charge is 2.32. The zero-order valence-electron chi connectivity index (χ0n) is 27.2. The van der Waals surface area contributed by atoms with E-state index in [0.717, 1.165) is 16.7 Å². The Morgan fingerprint density at radius 1 is 1.02 bits per heavy atom. The van der Waals surface area contributed by atoms with Crippen LogP contribution in [0.1, 0.15) is 79.2 Å². The quantitative estimate of drug-likeness (QED) is 0.143. The van der Waals surface area contributed by atoms with Gasteiger partial charge < -0.3 is 25.2 Å². The fourth-order valence-corrected chi connectivity index (χ4v) is 6.06. The van der Waals surface area contributed by atoms with Gasteiger partial charge in [-0.05, 0) is 88.6 Å². The average molecular weight is 664 g/mol. The number of carbonyl (C=O) groups excluding carboxylic acids is 3. The number of halogens is 1. The van der Waals surface area contributed by atoms with Crippen LogP contribution in [-0.4, -0.2) is 60.8 Å². The van der Waals surface area contributed by atoms with Crippen molar-refractivity contribution in [1.82, 2.24) is 10.6 Å². The zero-order valence-corrected chi connectivity index (χ0v) is 27.9. The van der Waals surface area contributed by atoms with E-state index in [0.29, 0.717) is 57.0 Å². The van der Waals surface area contributed by atoms with Crippen LogP contribution in [0.25, 0.3) is 11.1 Å². The summed E-state index contributed by atoms with van der Waals surface area (Å²) < 4.78 is 10.6. The van der Waals surface area contributed by atoms with Crippen molar-refractivity contribution in [2.24, 2.45) is 0 Å². The first-order valence-corrected chi connectivity index (χ1v) is 16.1. The molecule has 4 rings (SSSR count). The molecule has 0 unspecified atom stereocenters. The van der Waals surface area contributed by atoms with E-state index in [2.05, 4.69) is 10.6 Å². The summed E-state index contributed by atoms with van der Waals surface area (Å²) in [6.45, 7) is 5.78. The van der Waals surface area contributed by atoms with Gasteiger partial charge >= 0.3 is 12.2 Å². The molecule has 250 valence electrons. The fraction of sp³-hybridized carbons (Fsp3) is 0.389. The van der Waals surface area contributed by atoms with Crippen molar-refractivity contribution in [3.8, 4) is 16.9 Å². The van der Waals surface area contributed by atoms with Crippen molar-refractivity contribution in [3.05, 3.63) is 82.4 Å². The van der Waals surface area contributed by atoms with Crippen LogP contribution < -0.4 is 20.3 Å². The largest absolute Gasteiger partial charge is 0.496 e. The topological polar surface area (TPSA) is 134 Å². The van der Waals surface area contributed by atoms with E-state index in [1.54, 1.807) is 0 Å². The third-order valence-electron chi connectivity index (χ3n) is 8.01. The Labute approximate surface area is 280 Å². The number of rotatable bonds is 11. The van der Waals surface area contributed by atoms with Gasteiger partial charge in [0.25, 0.3) is 5.91 Å². The monoisotopic (exact) mass is 663 g/mol. The molecule has 0 heterocycles. The first-order valence-electron chi connectivity index (χ1n) is 15.7. The molecule has 1 saturated carbocycles. The van der Waals surface area contributed by atoms with Crippen molar-refractivity contribution in [3.63, 3.8) is 0 Å². The number of amides is 3. The number of alkyl carbamates (subject to hydrolysis) is 1. The number of benzene rings is 3. The third kappa shape index (κ3) is 9.48. The Balaban J connectivity index is 1.47. The number of carboxylic acid groups (broad SMARTS) is 1. The Bertz CT molecular complexity index is 1580. The second-order valence-electron chi connectivity index (χ2n) is 12.6. The third-order valence-corrected chi connectivity index (χ3v) is 8.33. The van der Waals surface area contributed by atoms with E-state index in [1.165, 1.54) is 24.1 Å². The van der Waals surface area contributed by atoms with Gasteiger partial charge in [0.1, 0.15) is 11.4 Å². The molecule has 1 aliphatic rings. The molecule has 0 spiro atoms. The van der Waals surface area contributed by atoms with Gasteiger partial charge in [-0.15, -0.1) is 0 Å². The van der Waals surface area contributed by atoms with Crippen LogP contribution in [0.2, 0.25) is 5.02 Å². The van der Waals surface area contributed by atoms with E-state index in [4.69, 9.17) is 21.1 Å². The molecule has 1 aliphatic carbocycles. The highest BCUT2D eigenvalue weighted by molar-refractivity contribution is 6.34. The molecular weight excluding hydrogens is 622 g/mol. The summed E-state index contributed by atoms with van der Waals surface area (Å²) in [6, 6.07) is 18.0. The zero-order chi connectivity index (χ0) is 34.1. The predicted molar refractivity (Wildman–Crippen MR) is 182 cm³/mol. The number of methoxy groups -OCH3 is 1. The van der Waals surface area contributed by atoms with Crippen LogP contribution in [0.4, 0.5) is 15.3 Å². The molecule has 0 atom stereocenters. The van der Waals surface area contributed by atoms with E-state index in [9.17, 15) is 24.3 Å². The maximum absolute atomic E-state index is 12.8. The number of anilines is 1. The molecule has 3 amide bonds. The SMILES string of the molecule is COc1cc(C(=O)NCCCc2ccc(-c3ccccc3)c(N(C(=O)O)[C@H]3CC[C@H](NC(=O)OC(C)(C)C)CC3)c2)c(Cl)cc1C=O. The summed E-state index contributed by atoms with van der Waals surface area (Å²) in [5.74, 6) is -0.129. The molecule has 0 aromatic heterocycles. The number of carbonyl (C=O) groups is 4. The lowest BCUT2D eigenvalue weighted by atomic mass is 9.89. The van der Waals surface area contributed by atoms with Gasteiger partial charge in [-0.3, -0.25) is 14.5 Å². The van der Waals surface area contributed by atoms with Gasteiger partial charge in [0, 0.05) is 24.2 Å². The Hall–Kier alpha value is -4.57. The minimum atomic E-state index is -1.04. The normalized spacial score (nSPS) is 16.1. The first kappa shape index (κ1) is 35.3. The van der Waals surface area contributed by atoms with E-state index < -0.39 is 17.8 Å². The molecule has 11 heteroatoms. The summed E-state index contributed by atoms with van der Waals surface area (Å²) in [7, 11) is 1.41. The summed E-state index contributed by atoms with van der Waals surface area (Å²) in [6.07, 6.45) is 2.70. The molecule has 3 aromatic rings. The van der Waals surface area contributed by atoms with Gasteiger partial charge in [-0.2, -0.15) is 0 Å². The molecule has 47 heavy (non-hydrogen) atoms. The van der Waals surface area contributed by atoms with E-state index >= 15 is 0 Å². The molecule has 3 aromatic carbocycles. The molecular formula is C36H42ClN3O7. The number of ether oxygens (including phenoxy) is 2. The molecule has 0 saturated heterocycles. The van der Waals surface area contributed by atoms with Crippen LogP contribution in [0.15, 0.2) is 60.7 Å². The minimum Gasteiger partial charge on any atom is -0.496 e. The van der Waals surface area contributed by atoms with Crippen molar-refractivity contribution in [2.75, 3.05) is 18.6 Å². The van der Waals surface area contributed by atoms with Crippen molar-refractivity contribution in [2.45, 2.75) is 77.0 Å². The fourth-order valence-electron chi connectivity index (χ4n) is 5.80. The van der Waals surface area contributed by atoms with Crippen LogP contribution in [-0.2, 0) is 11.2 Å². The smallest absolute Gasteiger partial charge is 0.412 e. The standard InChI is InChI=1S/C36H42ClN3O7/c1-36(2,3)47-34(43)39-26-13-15-27(16-14-26)40(35(44)45)31-19-23(12-17-28(31)24-10-6-5-7-11-24)9-8-18-38-33(42)29-21-32(46-4)25(22-41)20-30(29)37/h5-7,10-12,17,19-22,26-27H,8-9,13-16,18H2,1-4H3,(H,38,42)(H,39,43)(H,44,45)/t26-,27-. The summed E-state index contributed by atoms with van der Waals surface area (Å²) in [4.78, 5) is 50.7. The van der Waals surface area contributed by atoms with Crippen molar-refractivity contribution in [1.29, 1.82) is 0 Å². The second-order valence-corrected chi connectivity index (χ2v) is 13.0. The van der Waals surface area contributed by atoms with Crippen LogP contribution in [0, 0.1) is 0 Å². The highest BCUT2D eigenvalue weighted by Crippen LogP contribution is 2.37. The van der Waals surface area contributed by atoms with Crippen LogP contribution >= 0.6 is 11.6 Å². The highest BCUT2D eigenvalue weighted by atomic mass is 35.5. The number of hydrogen-bond acceptors (Lipinski definition) is 6. The number of nitrogens with one attached hydrogen (secondary N) is 2. The van der Waals surface area contributed by atoms with Gasteiger partial charge in [-0.1, -0.05) is 54.1 Å². The molecule has 0 bridgehead atoms. The van der Waals surface area contributed by atoms with E-state index in [-0.39, 0.29) is 39.9 Å². The van der Waals surface area contributed by atoms with Crippen molar-refractivity contribution < 1.29 is 33.8 Å². The van der Waals surface area contributed by atoms with Crippen LogP contribution in [0.3, 0.4) is 0 Å². The molecule has 0 radical (unpaired) electrons. The van der Waals surface area contributed by atoms with Gasteiger partial charge in [0.15, 0.2) is 6.29 Å². The Kier molecular flexibility index (Phi) is 11.9. The molecule has 3 N–H and O–H groups in total.